The predicted molar refractivity (Wildman–Crippen MR) is 117 cm³/mol. The van der Waals surface area contributed by atoms with Gasteiger partial charge in [-0.25, -0.2) is 0 Å². The van der Waals surface area contributed by atoms with Gasteiger partial charge in [0.05, 0.1) is 0 Å². The molecule has 3 aromatic carbocycles. The molecule has 0 saturated heterocycles. The van der Waals surface area contributed by atoms with Crippen LogP contribution in [0.15, 0.2) is 72.8 Å². The van der Waals surface area contributed by atoms with Crippen LogP contribution < -0.4 is 14.7 Å². The zero-order valence-electron chi connectivity index (χ0n) is 14.8. The lowest BCUT2D eigenvalue weighted by molar-refractivity contribution is 0.464. The Bertz CT molecular complexity index is 912. The first-order chi connectivity index (χ1) is 12.7. The van der Waals surface area contributed by atoms with Crippen LogP contribution in [0, 0.1) is 3.57 Å². The molecule has 2 bridgehead atoms. The normalized spacial score (nSPS) is 20.7. The van der Waals surface area contributed by atoms with Gasteiger partial charge in [0.15, 0.2) is 0 Å². The molecular formula is C22H20IN3. The maximum Gasteiger partial charge on any atom is 0.132 e. The van der Waals surface area contributed by atoms with Gasteiger partial charge in [-0.1, -0.05) is 36.4 Å². The highest BCUT2D eigenvalue weighted by Crippen LogP contribution is 2.53. The average molecular weight is 453 g/mol. The number of fused-ring (bicyclic) bond motifs is 6. The fraction of sp³-hybridized carbons (Fsp3) is 0.182. The van der Waals surface area contributed by atoms with Crippen molar-refractivity contribution in [1.29, 1.82) is 0 Å². The van der Waals surface area contributed by atoms with E-state index in [1.165, 1.54) is 31.8 Å². The molecule has 26 heavy (non-hydrogen) atoms. The maximum absolute atomic E-state index is 2.54. The molecule has 0 spiro atoms. The molecule has 0 fully saturated rings. The zero-order valence-corrected chi connectivity index (χ0v) is 17.0. The lowest BCUT2D eigenvalue weighted by Gasteiger charge is -2.56. The van der Waals surface area contributed by atoms with Crippen molar-refractivity contribution in [2.24, 2.45) is 0 Å². The number of halogens is 1. The van der Waals surface area contributed by atoms with E-state index >= 15 is 0 Å². The SMILES string of the molecule is CN1c2ccccc2C2N(C)c3ccccc3C1N2c1ccc(I)cc1. The highest BCUT2D eigenvalue weighted by atomic mass is 127. The van der Waals surface area contributed by atoms with Gasteiger partial charge in [-0.05, 0) is 59.0 Å². The van der Waals surface area contributed by atoms with Gasteiger partial charge in [0.2, 0.25) is 0 Å². The number of hydrogen-bond acceptors (Lipinski definition) is 3. The Morgan fingerprint density at radius 3 is 1.62 bits per heavy atom. The van der Waals surface area contributed by atoms with Crippen LogP contribution in [0.5, 0.6) is 0 Å². The number of rotatable bonds is 1. The first-order valence-electron chi connectivity index (χ1n) is 8.84. The van der Waals surface area contributed by atoms with E-state index in [2.05, 4.69) is 124 Å². The van der Waals surface area contributed by atoms with Crippen LogP contribution >= 0.6 is 22.6 Å². The summed E-state index contributed by atoms with van der Waals surface area (Å²) in [5.74, 6) is 0. The van der Waals surface area contributed by atoms with E-state index in [1.807, 2.05) is 0 Å². The quantitative estimate of drug-likeness (QED) is 0.458. The largest absolute Gasteiger partial charge is 0.350 e. The molecule has 0 N–H and O–H groups in total. The first kappa shape index (κ1) is 16.0. The Hall–Kier alpha value is -2.21. The molecule has 2 heterocycles. The van der Waals surface area contributed by atoms with Gasteiger partial charge in [0.1, 0.15) is 12.3 Å². The zero-order chi connectivity index (χ0) is 17.8. The second-order valence-electron chi connectivity index (χ2n) is 6.97. The van der Waals surface area contributed by atoms with E-state index in [1.54, 1.807) is 0 Å². The summed E-state index contributed by atoms with van der Waals surface area (Å²) in [5.41, 5.74) is 6.57. The van der Waals surface area contributed by atoms with E-state index in [-0.39, 0.29) is 12.3 Å². The minimum atomic E-state index is 0.183. The molecule has 130 valence electrons. The molecule has 0 aliphatic carbocycles. The number of nitrogens with zero attached hydrogens (tertiary/aromatic N) is 3. The van der Waals surface area contributed by atoms with Gasteiger partial charge in [-0.3, -0.25) is 0 Å². The van der Waals surface area contributed by atoms with Crippen molar-refractivity contribution in [1.82, 2.24) is 0 Å². The minimum Gasteiger partial charge on any atom is -0.350 e. The molecule has 3 aromatic rings. The summed E-state index contributed by atoms with van der Waals surface area (Å²) < 4.78 is 1.26. The van der Waals surface area contributed by atoms with Gasteiger partial charge in [0, 0.05) is 45.9 Å². The third-order valence-electron chi connectivity index (χ3n) is 5.58. The smallest absolute Gasteiger partial charge is 0.132 e. The molecule has 5 rings (SSSR count). The molecule has 0 amide bonds. The fourth-order valence-electron chi connectivity index (χ4n) is 4.44. The molecular weight excluding hydrogens is 433 g/mol. The van der Waals surface area contributed by atoms with Crippen LogP contribution in [0.1, 0.15) is 23.5 Å². The predicted octanol–water partition coefficient (Wildman–Crippen LogP) is 5.39. The van der Waals surface area contributed by atoms with Crippen LogP contribution in [-0.4, -0.2) is 14.1 Å². The van der Waals surface area contributed by atoms with Crippen molar-refractivity contribution in [3.8, 4) is 0 Å². The Morgan fingerprint density at radius 1 is 0.654 bits per heavy atom. The van der Waals surface area contributed by atoms with Crippen LogP contribution in [0.25, 0.3) is 0 Å². The van der Waals surface area contributed by atoms with E-state index in [9.17, 15) is 0 Å². The number of benzene rings is 3. The summed E-state index contributed by atoms with van der Waals surface area (Å²) in [6.45, 7) is 0. The molecule has 4 heteroatoms. The second-order valence-corrected chi connectivity index (χ2v) is 8.22. The van der Waals surface area contributed by atoms with Gasteiger partial charge in [-0.2, -0.15) is 0 Å². The molecule has 0 aromatic heterocycles. The fourth-order valence-corrected chi connectivity index (χ4v) is 4.80. The molecule has 0 saturated carbocycles. The van der Waals surface area contributed by atoms with E-state index < -0.39 is 0 Å². The summed E-state index contributed by atoms with van der Waals surface area (Å²) in [6.07, 6.45) is 0.365. The highest BCUT2D eigenvalue weighted by molar-refractivity contribution is 14.1. The van der Waals surface area contributed by atoms with Crippen molar-refractivity contribution in [2.45, 2.75) is 12.3 Å². The Morgan fingerprint density at radius 2 is 1.12 bits per heavy atom. The number of para-hydroxylation sites is 2. The molecule has 2 aliphatic rings. The van der Waals surface area contributed by atoms with Crippen LogP contribution in [0.2, 0.25) is 0 Å². The van der Waals surface area contributed by atoms with Gasteiger partial charge < -0.3 is 14.7 Å². The summed E-state index contributed by atoms with van der Waals surface area (Å²) in [6, 6.07) is 26.4. The standard InChI is InChI=1S/C22H20IN3/c1-24-19-9-5-3-7-17(19)22-25(2)20-10-6-4-8-18(20)21(24)26(22)16-13-11-15(23)12-14-16/h3-14,21-22H,1-2H3. The molecule has 2 unspecified atom stereocenters. The van der Waals surface area contributed by atoms with Crippen molar-refractivity contribution in [3.63, 3.8) is 0 Å². The molecule has 2 atom stereocenters. The van der Waals surface area contributed by atoms with Crippen molar-refractivity contribution in [3.05, 3.63) is 87.5 Å². The van der Waals surface area contributed by atoms with Gasteiger partial charge in [-0.15, -0.1) is 0 Å². The Kier molecular flexibility index (Phi) is 3.64. The molecule has 2 aliphatic heterocycles. The van der Waals surface area contributed by atoms with Crippen LogP contribution in [0.4, 0.5) is 17.1 Å². The summed E-state index contributed by atoms with van der Waals surface area (Å²) in [5, 5.41) is 0. The van der Waals surface area contributed by atoms with E-state index in [4.69, 9.17) is 0 Å². The maximum atomic E-state index is 2.54. The minimum absolute atomic E-state index is 0.183. The van der Waals surface area contributed by atoms with Crippen LogP contribution in [-0.2, 0) is 0 Å². The summed E-state index contributed by atoms with van der Waals surface area (Å²) >= 11 is 2.37. The number of anilines is 3. The average Bonchev–Trinajstić information content (AvgIpc) is 2.68. The highest BCUT2D eigenvalue weighted by Gasteiger charge is 2.45. The second kappa shape index (κ2) is 5.91. The first-order valence-corrected chi connectivity index (χ1v) is 9.92. The van der Waals surface area contributed by atoms with Crippen molar-refractivity contribution >= 4 is 39.7 Å². The van der Waals surface area contributed by atoms with E-state index in [0.29, 0.717) is 0 Å². The third kappa shape index (κ3) is 2.18. The summed E-state index contributed by atoms with van der Waals surface area (Å²) in [4.78, 5) is 7.37. The monoisotopic (exact) mass is 453 g/mol. The Balaban J connectivity index is 1.79. The molecule has 0 radical (unpaired) electrons. The van der Waals surface area contributed by atoms with Crippen molar-refractivity contribution in [2.75, 3.05) is 28.8 Å². The van der Waals surface area contributed by atoms with E-state index in [0.717, 1.165) is 0 Å². The number of hydrogen-bond donors (Lipinski definition) is 0. The van der Waals surface area contributed by atoms with Crippen LogP contribution in [0.3, 0.4) is 0 Å². The third-order valence-corrected chi connectivity index (χ3v) is 6.29. The van der Waals surface area contributed by atoms with Gasteiger partial charge >= 0.3 is 0 Å². The topological polar surface area (TPSA) is 9.72 Å². The summed E-state index contributed by atoms with van der Waals surface area (Å²) in [7, 11) is 4.42. The van der Waals surface area contributed by atoms with Gasteiger partial charge in [0.25, 0.3) is 0 Å². The van der Waals surface area contributed by atoms with Crippen molar-refractivity contribution < 1.29 is 0 Å². The lowest BCUT2D eigenvalue weighted by Crippen LogP contribution is -2.55. The Labute approximate surface area is 168 Å². The molecule has 3 nitrogen and oxygen atoms in total. The lowest BCUT2D eigenvalue weighted by atomic mass is 9.93.